The van der Waals surface area contributed by atoms with Crippen molar-refractivity contribution >= 4 is 0 Å². The second kappa shape index (κ2) is 17.0. The molecule has 3 rings (SSSR count). The average Bonchev–Trinajstić information content (AvgIpc) is 3.57. The average molecular weight is 493 g/mol. The van der Waals surface area contributed by atoms with Gasteiger partial charge in [0.05, 0.1) is 12.4 Å². The zero-order valence-electron chi connectivity index (χ0n) is 22.9. The van der Waals surface area contributed by atoms with Crippen LogP contribution < -0.4 is 0 Å². The molecule has 0 saturated carbocycles. The first-order valence-electron chi connectivity index (χ1n) is 14.7. The van der Waals surface area contributed by atoms with Gasteiger partial charge < -0.3 is 0 Å². The Morgan fingerprint density at radius 3 is 1.17 bits per heavy atom. The third-order valence-corrected chi connectivity index (χ3v) is 7.04. The van der Waals surface area contributed by atoms with Gasteiger partial charge in [-0.25, -0.2) is 0 Å². The van der Waals surface area contributed by atoms with Gasteiger partial charge in [-0.2, -0.15) is 0 Å². The summed E-state index contributed by atoms with van der Waals surface area (Å²) in [6.07, 6.45) is 25.3. The minimum Gasteiger partial charge on any atom is -0.252 e. The van der Waals surface area contributed by atoms with Crippen LogP contribution in [0.1, 0.15) is 117 Å². The maximum Gasteiger partial charge on any atom is 0.113 e. The molecule has 0 aliphatic rings. The summed E-state index contributed by atoms with van der Waals surface area (Å²) in [4.78, 5) is 0. The zero-order valence-corrected chi connectivity index (χ0v) is 22.9. The molecule has 0 atom stereocenters. The number of aryl methyl sites for hydroxylation is 2. The van der Waals surface area contributed by atoms with E-state index in [1.165, 1.54) is 103 Å². The van der Waals surface area contributed by atoms with E-state index in [4.69, 9.17) is 0 Å². The molecule has 0 radical (unpaired) electrons. The maximum atomic E-state index is 4.39. The van der Waals surface area contributed by atoms with Crippen molar-refractivity contribution in [3.05, 3.63) is 36.7 Å². The number of rotatable bonds is 20. The molecule has 0 N–H and O–H groups in total. The quantitative estimate of drug-likeness (QED) is 0.148. The van der Waals surface area contributed by atoms with Crippen LogP contribution in [0.2, 0.25) is 0 Å². The van der Waals surface area contributed by atoms with Crippen LogP contribution >= 0.6 is 0 Å². The Kier molecular flexibility index (Phi) is 13.3. The molecule has 2 aromatic heterocycles. The summed E-state index contributed by atoms with van der Waals surface area (Å²) >= 11 is 0. The molecule has 6 heteroatoms. The molecular weight excluding hydrogens is 444 g/mol. The predicted molar refractivity (Wildman–Crippen MR) is 150 cm³/mol. The van der Waals surface area contributed by atoms with Crippen LogP contribution in [-0.4, -0.2) is 30.0 Å². The van der Waals surface area contributed by atoms with Gasteiger partial charge >= 0.3 is 0 Å². The van der Waals surface area contributed by atoms with E-state index in [1.807, 2.05) is 9.36 Å². The van der Waals surface area contributed by atoms with Gasteiger partial charge in [0.15, 0.2) is 0 Å². The van der Waals surface area contributed by atoms with Crippen molar-refractivity contribution in [1.82, 2.24) is 30.0 Å². The molecule has 36 heavy (non-hydrogen) atoms. The second-order valence-electron chi connectivity index (χ2n) is 10.3. The van der Waals surface area contributed by atoms with Crippen LogP contribution in [0.4, 0.5) is 0 Å². The van der Waals surface area contributed by atoms with E-state index in [-0.39, 0.29) is 0 Å². The SMILES string of the molecule is CCCCCCCCCCn1cc(-c2ccc(-c3cn(CCCCCCCCCC)nn3)cc2)nn1. The first-order chi connectivity index (χ1) is 17.8. The van der Waals surface area contributed by atoms with Crippen molar-refractivity contribution in [1.29, 1.82) is 0 Å². The van der Waals surface area contributed by atoms with E-state index in [2.05, 4.69) is 71.1 Å². The van der Waals surface area contributed by atoms with Crippen molar-refractivity contribution in [3.63, 3.8) is 0 Å². The number of hydrogen-bond acceptors (Lipinski definition) is 4. The fraction of sp³-hybridized carbons (Fsp3) is 0.667. The Bertz CT molecular complexity index is 865. The lowest BCUT2D eigenvalue weighted by atomic mass is 10.1. The van der Waals surface area contributed by atoms with Crippen molar-refractivity contribution in [2.45, 2.75) is 130 Å². The molecule has 6 nitrogen and oxygen atoms in total. The van der Waals surface area contributed by atoms with Crippen molar-refractivity contribution in [2.24, 2.45) is 0 Å². The van der Waals surface area contributed by atoms with Gasteiger partial charge in [0.2, 0.25) is 0 Å². The third kappa shape index (κ3) is 10.2. The Labute approximate surface area is 218 Å². The van der Waals surface area contributed by atoms with Crippen LogP contribution in [0.5, 0.6) is 0 Å². The largest absolute Gasteiger partial charge is 0.252 e. The van der Waals surface area contributed by atoms with E-state index in [1.54, 1.807) is 0 Å². The first kappa shape index (κ1) is 28.1. The fourth-order valence-electron chi connectivity index (χ4n) is 4.71. The Morgan fingerprint density at radius 2 is 0.806 bits per heavy atom. The highest BCUT2D eigenvalue weighted by Crippen LogP contribution is 2.22. The van der Waals surface area contributed by atoms with Crippen LogP contribution in [0.15, 0.2) is 36.7 Å². The molecule has 0 unspecified atom stereocenters. The molecule has 0 aliphatic carbocycles. The highest BCUT2D eigenvalue weighted by molar-refractivity contribution is 5.65. The Morgan fingerprint density at radius 1 is 0.472 bits per heavy atom. The topological polar surface area (TPSA) is 61.4 Å². The van der Waals surface area contributed by atoms with E-state index >= 15 is 0 Å². The lowest BCUT2D eigenvalue weighted by Crippen LogP contribution is -1.98. The zero-order chi connectivity index (χ0) is 25.3. The molecule has 0 fully saturated rings. The van der Waals surface area contributed by atoms with Crippen LogP contribution in [0.3, 0.4) is 0 Å². The fourth-order valence-corrected chi connectivity index (χ4v) is 4.71. The Balaban J connectivity index is 1.36. The maximum absolute atomic E-state index is 4.39. The van der Waals surface area contributed by atoms with E-state index in [9.17, 15) is 0 Å². The first-order valence-corrected chi connectivity index (χ1v) is 14.7. The van der Waals surface area contributed by atoms with Gasteiger partial charge in [-0.05, 0) is 12.8 Å². The predicted octanol–water partition coefficient (Wildman–Crippen LogP) is 8.49. The number of unbranched alkanes of at least 4 members (excludes halogenated alkanes) is 14. The van der Waals surface area contributed by atoms with Gasteiger partial charge in [-0.3, -0.25) is 9.36 Å². The number of nitrogens with zero attached hydrogens (tertiary/aromatic N) is 6. The molecule has 1 aromatic carbocycles. The molecule has 0 spiro atoms. The van der Waals surface area contributed by atoms with Crippen LogP contribution in [-0.2, 0) is 13.1 Å². The summed E-state index contributed by atoms with van der Waals surface area (Å²) in [5, 5.41) is 17.5. The van der Waals surface area contributed by atoms with Crippen LogP contribution in [0.25, 0.3) is 22.5 Å². The minimum atomic E-state index is 0.930. The summed E-state index contributed by atoms with van der Waals surface area (Å²) in [6.45, 7) is 6.43. The van der Waals surface area contributed by atoms with Crippen molar-refractivity contribution in [3.8, 4) is 22.5 Å². The summed E-state index contributed by atoms with van der Waals surface area (Å²) in [5.41, 5.74) is 4.04. The molecule has 0 amide bonds. The highest BCUT2D eigenvalue weighted by Gasteiger charge is 2.07. The summed E-state index contributed by atoms with van der Waals surface area (Å²) < 4.78 is 3.97. The summed E-state index contributed by atoms with van der Waals surface area (Å²) in [7, 11) is 0. The number of hydrogen-bond donors (Lipinski definition) is 0. The van der Waals surface area contributed by atoms with Gasteiger partial charge in [0, 0.05) is 24.2 Å². The van der Waals surface area contributed by atoms with Crippen LogP contribution in [0, 0.1) is 0 Å². The number of benzene rings is 1. The van der Waals surface area contributed by atoms with Gasteiger partial charge in [-0.15, -0.1) is 10.2 Å². The van der Waals surface area contributed by atoms with E-state index in [0.717, 1.165) is 35.6 Å². The lowest BCUT2D eigenvalue weighted by molar-refractivity contribution is 0.511. The second-order valence-corrected chi connectivity index (χ2v) is 10.3. The normalized spacial score (nSPS) is 11.4. The minimum absolute atomic E-state index is 0.930. The molecule has 2 heterocycles. The Hall–Kier alpha value is -2.50. The standard InChI is InChI=1S/C30H48N6/c1-3-5-7-9-11-13-15-17-23-35-25-29(31-33-35)27-19-21-28(22-20-27)30-26-36(34-32-30)24-18-16-14-12-10-8-6-4-2/h19-22,25-26H,3-18,23-24H2,1-2H3. The monoisotopic (exact) mass is 492 g/mol. The van der Waals surface area contributed by atoms with E-state index < -0.39 is 0 Å². The molecule has 0 aliphatic heterocycles. The summed E-state index contributed by atoms with van der Waals surface area (Å²) in [6, 6.07) is 8.43. The molecular formula is C30H48N6. The van der Waals surface area contributed by atoms with Gasteiger partial charge in [-0.1, -0.05) is 138 Å². The lowest BCUT2D eigenvalue weighted by Gasteiger charge is -2.02. The summed E-state index contributed by atoms with van der Waals surface area (Å²) in [5.74, 6) is 0. The van der Waals surface area contributed by atoms with Crippen molar-refractivity contribution < 1.29 is 0 Å². The molecule has 198 valence electrons. The van der Waals surface area contributed by atoms with Gasteiger partial charge in [0.1, 0.15) is 11.4 Å². The van der Waals surface area contributed by atoms with Crippen molar-refractivity contribution in [2.75, 3.05) is 0 Å². The number of aromatic nitrogens is 6. The molecule has 0 saturated heterocycles. The molecule has 3 aromatic rings. The third-order valence-electron chi connectivity index (χ3n) is 7.04. The molecule has 0 bridgehead atoms. The van der Waals surface area contributed by atoms with Gasteiger partial charge in [0.25, 0.3) is 0 Å². The smallest absolute Gasteiger partial charge is 0.113 e. The van der Waals surface area contributed by atoms with E-state index in [0.29, 0.717) is 0 Å². The highest BCUT2D eigenvalue weighted by atomic mass is 15.4.